The van der Waals surface area contributed by atoms with E-state index in [-0.39, 0.29) is 17.5 Å². The Balaban J connectivity index is 1.53. The SMILES string of the molecule is N#Cc1cnc2ccc(F)cc2c1N1CCC(C(=O)Nc2ccccc2F)CC1. The maximum absolute atomic E-state index is 13.8. The Morgan fingerprint density at radius 3 is 2.66 bits per heavy atom. The number of para-hydroxylation sites is 1. The monoisotopic (exact) mass is 392 g/mol. The first kappa shape index (κ1) is 18.8. The van der Waals surface area contributed by atoms with Crippen LogP contribution in [0.5, 0.6) is 0 Å². The molecule has 29 heavy (non-hydrogen) atoms. The Bertz CT molecular complexity index is 1120. The van der Waals surface area contributed by atoms with E-state index in [2.05, 4.69) is 16.4 Å². The molecule has 0 spiro atoms. The Morgan fingerprint density at radius 2 is 1.93 bits per heavy atom. The summed E-state index contributed by atoms with van der Waals surface area (Å²) in [5.41, 5.74) is 1.80. The van der Waals surface area contributed by atoms with Crippen LogP contribution in [0.4, 0.5) is 20.2 Å². The van der Waals surface area contributed by atoms with E-state index in [4.69, 9.17) is 0 Å². The number of fused-ring (bicyclic) bond motifs is 1. The number of carbonyl (C=O) groups excluding carboxylic acids is 1. The van der Waals surface area contributed by atoms with Crippen LogP contribution in [-0.4, -0.2) is 24.0 Å². The molecule has 5 nitrogen and oxygen atoms in total. The van der Waals surface area contributed by atoms with Crippen molar-refractivity contribution in [3.63, 3.8) is 0 Å². The lowest BCUT2D eigenvalue weighted by Gasteiger charge is -2.34. The molecule has 1 amide bonds. The van der Waals surface area contributed by atoms with Gasteiger partial charge in [0, 0.05) is 30.6 Å². The van der Waals surface area contributed by atoms with Crippen LogP contribution in [-0.2, 0) is 4.79 Å². The minimum absolute atomic E-state index is 0.169. The zero-order valence-corrected chi connectivity index (χ0v) is 15.5. The second-order valence-corrected chi connectivity index (χ2v) is 7.02. The normalized spacial score (nSPS) is 14.6. The number of nitrogens with zero attached hydrogens (tertiary/aromatic N) is 3. The minimum Gasteiger partial charge on any atom is -0.370 e. The molecule has 0 radical (unpaired) electrons. The van der Waals surface area contributed by atoms with E-state index in [1.165, 1.54) is 30.5 Å². The maximum atomic E-state index is 13.8. The van der Waals surface area contributed by atoms with Crippen molar-refractivity contribution in [3.05, 3.63) is 65.9 Å². The van der Waals surface area contributed by atoms with Crippen LogP contribution in [0.2, 0.25) is 0 Å². The predicted octanol–water partition coefficient (Wildman–Crippen LogP) is 4.24. The molecule has 0 bridgehead atoms. The molecule has 2 aromatic carbocycles. The molecular weight excluding hydrogens is 374 g/mol. The van der Waals surface area contributed by atoms with Crippen LogP contribution in [0, 0.1) is 28.9 Å². The molecule has 0 atom stereocenters. The number of aromatic nitrogens is 1. The number of halogens is 2. The summed E-state index contributed by atoms with van der Waals surface area (Å²) < 4.78 is 27.6. The zero-order chi connectivity index (χ0) is 20.4. The molecule has 2 heterocycles. The van der Waals surface area contributed by atoms with Gasteiger partial charge in [0.15, 0.2) is 0 Å². The Hall–Kier alpha value is -3.53. The second kappa shape index (κ2) is 7.84. The molecule has 1 saturated heterocycles. The lowest BCUT2D eigenvalue weighted by atomic mass is 9.94. The average Bonchev–Trinajstić information content (AvgIpc) is 2.74. The first-order valence-corrected chi connectivity index (χ1v) is 9.35. The summed E-state index contributed by atoms with van der Waals surface area (Å²) in [6, 6.07) is 12.5. The van der Waals surface area contributed by atoms with Gasteiger partial charge >= 0.3 is 0 Å². The van der Waals surface area contributed by atoms with E-state index in [9.17, 15) is 18.8 Å². The number of rotatable bonds is 3. The highest BCUT2D eigenvalue weighted by molar-refractivity contribution is 5.95. The third kappa shape index (κ3) is 3.74. The van der Waals surface area contributed by atoms with Gasteiger partial charge in [-0.1, -0.05) is 12.1 Å². The molecule has 0 unspecified atom stereocenters. The van der Waals surface area contributed by atoms with E-state index in [0.29, 0.717) is 48.1 Å². The number of anilines is 2. The third-order valence-corrected chi connectivity index (χ3v) is 5.24. The summed E-state index contributed by atoms with van der Waals surface area (Å²) in [6.45, 7) is 1.05. The predicted molar refractivity (Wildman–Crippen MR) is 106 cm³/mol. The van der Waals surface area contributed by atoms with Gasteiger partial charge in [0.25, 0.3) is 0 Å². The first-order valence-electron chi connectivity index (χ1n) is 9.35. The summed E-state index contributed by atoms with van der Waals surface area (Å²) in [5, 5.41) is 12.7. The van der Waals surface area contributed by atoms with Crippen LogP contribution in [0.1, 0.15) is 18.4 Å². The van der Waals surface area contributed by atoms with Gasteiger partial charge in [-0.2, -0.15) is 5.26 Å². The summed E-state index contributed by atoms with van der Waals surface area (Å²) >= 11 is 0. The number of amides is 1. The van der Waals surface area contributed by atoms with Gasteiger partial charge in [0.2, 0.25) is 5.91 Å². The van der Waals surface area contributed by atoms with Crippen molar-refractivity contribution < 1.29 is 13.6 Å². The molecule has 1 aromatic heterocycles. The summed E-state index contributed by atoms with van der Waals surface area (Å²) in [7, 11) is 0. The number of nitrogens with one attached hydrogen (secondary N) is 1. The van der Waals surface area contributed by atoms with Gasteiger partial charge in [0.1, 0.15) is 17.7 Å². The number of hydrogen-bond acceptors (Lipinski definition) is 4. The number of carbonyl (C=O) groups is 1. The van der Waals surface area contributed by atoms with E-state index in [1.807, 2.05) is 4.90 Å². The number of nitriles is 1. The molecule has 7 heteroatoms. The van der Waals surface area contributed by atoms with Crippen LogP contribution in [0.3, 0.4) is 0 Å². The van der Waals surface area contributed by atoms with Gasteiger partial charge in [-0.3, -0.25) is 9.78 Å². The van der Waals surface area contributed by atoms with Gasteiger partial charge in [-0.25, -0.2) is 8.78 Å². The standard InChI is InChI=1S/C22H18F2N4O/c23-16-5-6-19-17(11-16)21(15(12-25)13-26-19)28-9-7-14(8-10-28)22(29)27-20-4-2-1-3-18(20)24/h1-6,11,13-14H,7-10H2,(H,27,29). The fourth-order valence-electron chi connectivity index (χ4n) is 3.74. The minimum atomic E-state index is -0.470. The Labute approximate surface area is 166 Å². The largest absolute Gasteiger partial charge is 0.370 e. The second-order valence-electron chi connectivity index (χ2n) is 7.02. The highest BCUT2D eigenvalue weighted by Gasteiger charge is 2.27. The van der Waals surface area contributed by atoms with Gasteiger partial charge < -0.3 is 10.2 Å². The number of benzene rings is 2. The topological polar surface area (TPSA) is 69.0 Å². The molecule has 0 saturated carbocycles. The Morgan fingerprint density at radius 1 is 1.17 bits per heavy atom. The van der Waals surface area contributed by atoms with Gasteiger partial charge in [0.05, 0.1) is 22.5 Å². The summed E-state index contributed by atoms with van der Waals surface area (Å²) in [6.07, 6.45) is 2.58. The van der Waals surface area contributed by atoms with E-state index in [1.54, 1.807) is 18.2 Å². The molecule has 1 aliphatic heterocycles. The van der Waals surface area contributed by atoms with Crippen molar-refractivity contribution in [2.75, 3.05) is 23.3 Å². The van der Waals surface area contributed by atoms with Crippen molar-refractivity contribution in [2.24, 2.45) is 5.92 Å². The van der Waals surface area contributed by atoms with Gasteiger partial charge in [-0.05, 0) is 43.2 Å². The van der Waals surface area contributed by atoms with E-state index in [0.717, 1.165) is 0 Å². The van der Waals surface area contributed by atoms with Crippen LogP contribution in [0.15, 0.2) is 48.7 Å². The highest BCUT2D eigenvalue weighted by Crippen LogP contribution is 2.33. The molecule has 146 valence electrons. The lowest BCUT2D eigenvalue weighted by molar-refractivity contribution is -0.120. The van der Waals surface area contributed by atoms with Crippen molar-refractivity contribution in [2.45, 2.75) is 12.8 Å². The van der Waals surface area contributed by atoms with Crippen LogP contribution >= 0.6 is 0 Å². The first-order chi connectivity index (χ1) is 14.1. The number of pyridine rings is 1. The smallest absolute Gasteiger partial charge is 0.227 e. The fraction of sp³-hybridized carbons (Fsp3) is 0.227. The molecule has 0 aliphatic carbocycles. The molecule has 4 rings (SSSR count). The van der Waals surface area contributed by atoms with Crippen LogP contribution < -0.4 is 10.2 Å². The van der Waals surface area contributed by atoms with Crippen molar-refractivity contribution in [3.8, 4) is 6.07 Å². The van der Waals surface area contributed by atoms with E-state index >= 15 is 0 Å². The fourth-order valence-corrected chi connectivity index (χ4v) is 3.74. The Kier molecular flexibility index (Phi) is 5.09. The van der Waals surface area contributed by atoms with Crippen molar-refractivity contribution in [1.82, 2.24) is 4.98 Å². The highest BCUT2D eigenvalue weighted by atomic mass is 19.1. The van der Waals surface area contributed by atoms with Gasteiger partial charge in [-0.15, -0.1) is 0 Å². The molecule has 1 N–H and O–H groups in total. The lowest BCUT2D eigenvalue weighted by Crippen LogP contribution is -2.38. The quantitative estimate of drug-likeness (QED) is 0.724. The average molecular weight is 392 g/mol. The number of hydrogen-bond donors (Lipinski definition) is 1. The number of piperidine rings is 1. The van der Waals surface area contributed by atoms with Crippen LogP contribution in [0.25, 0.3) is 10.9 Å². The van der Waals surface area contributed by atoms with Crippen molar-refractivity contribution in [1.29, 1.82) is 5.26 Å². The maximum Gasteiger partial charge on any atom is 0.227 e. The zero-order valence-electron chi connectivity index (χ0n) is 15.5. The molecule has 1 fully saturated rings. The molecule has 3 aromatic rings. The molecular formula is C22H18F2N4O. The summed E-state index contributed by atoms with van der Waals surface area (Å²) in [4.78, 5) is 18.8. The van der Waals surface area contributed by atoms with Crippen molar-refractivity contribution >= 4 is 28.2 Å². The third-order valence-electron chi connectivity index (χ3n) is 5.24. The molecule has 1 aliphatic rings. The summed E-state index contributed by atoms with van der Waals surface area (Å²) in [5.74, 6) is -1.35. The van der Waals surface area contributed by atoms with E-state index < -0.39 is 11.6 Å².